The topological polar surface area (TPSA) is 55.4 Å². The Balaban J connectivity index is 2.81. The lowest BCUT2D eigenvalue weighted by molar-refractivity contribution is -0.144. The molecular formula is C14H18BrNO3. The fraction of sp³-hybridized carbons (Fsp3) is 0.429. The van der Waals surface area contributed by atoms with Gasteiger partial charge in [0, 0.05) is 10.0 Å². The van der Waals surface area contributed by atoms with Crippen LogP contribution in [0.4, 0.5) is 0 Å². The Bertz CT molecular complexity index is 445. The van der Waals surface area contributed by atoms with Gasteiger partial charge in [0.2, 0.25) is 0 Å². The number of hydrogen-bond donors (Lipinski definition) is 1. The van der Waals surface area contributed by atoms with Crippen LogP contribution < -0.4 is 5.32 Å². The predicted molar refractivity (Wildman–Crippen MR) is 76.9 cm³/mol. The zero-order valence-corrected chi connectivity index (χ0v) is 12.9. The van der Waals surface area contributed by atoms with Gasteiger partial charge < -0.3 is 10.1 Å². The zero-order valence-electron chi connectivity index (χ0n) is 11.3. The Labute approximate surface area is 121 Å². The van der Waals surface area contributed by atoms with Crippen LogP contribution in [0.2, 0.25) is 0 Å². The van der Waals surface area contributed by atoms with E-state index in [2.05, 4.69) is 21.2 Å². The van der Waals surface area contributed by atoms with E-state index in [-0.39, 0.29) is 11.8 Å². The molecule has 0 aliphatic rings. The molecule has 1 aromatic carbocycles. The van der Waals surface area contributed by atoms with Crippen molar-refractivity contribution in [1.82, 2.24) is 5.32 Å². The van der Waals surface area contributed by atoms with E-state index in [1.165, 1.54) is 7.11 Å². The van der Waals surface area contributed by atoms with Crippen LogP contribution in [0.25, 0.3) is 0 Å². The van der Waals surface area contributed by atoms with Crippen molar-refractivity contribution in [3.63, 3.8) is 0 Å². The molecule has 0 aliphatic heterocycles. The van der Waals surface area contributed by atoms with Crippen LogP contribution in [0.15, 0.2) is 28.7 Å². The summed E-state index contributed by atoms with van der Waals surface area (Å²) in [5, 5.41) is 2.73. The van der Waals surface area contributed by atoms with Crippen molar-refractivity contribution in [1.29, 1.82) is 0 Å². The lowest BCUT2D eigenvalue weighted by Gasteiger charge is -2.21. The van der Waals surface area contributed by atoms with E-state index in [9.17, 15) is 9.59 Å². The van der Waals surface area contributed by atoms with Crippen LogP contribution in [0.1, 0.15) is 30.6 Å². The number of methoxy groups -OCH3 is 1. The summed E-state index contributed by atoms with van der Waals surface area (Å²) >= 11 is 3.31. The lowest BCUT2D eigenvalue weighted by atomic mass is 9.99. The number of carbonyl (C=O) groups is 2. The van der Waals surface area contributed by atoms with Crippen LogP contribution >= 0.6 is 15.9 Å². The average molecular weight is 328 g/mol. The number of amides is 1. The van der Waals surface area contributed by atoms with Gasteiger partial charge in [0.05, 0.1) is 7.11 Å². The maximum Gasteiger partial charge on any atom is 0.328 e. The Morgan fingerprint density at radius 1 is 1.32 bits per heavy atom. The molecule has 1 rings (SSSR count). The third kappa shape index (κ3) is 4.35. The number of ether oxygens (including phenoxy) is 1. The first-order valence-corrected chi connectivity index (χ1v) is 6.93. The molecule has 0 saturated carbocycles. The van der Waals surface area contributed by atoms with Gasteiger partial charge in [-0.25, -0.2) is 4.79 Å². The van der Waals surface area contributed by atoms with E-state index in [1.54, 1.807) is 24.3 Å². The van der Waals surface area contributed by atoms with Crippen molar-refractivity contribution in [2.24, 2.45) is 5.92 Å². The largest absolute Gasteiger partial charge is 0.467 e. The molecular weight excluding hydrogens is 310 g/mol. The highest BCUT2D eigenvalue weighted by molar-refractivity contribution is 9.10. The van der Waals surface area contributed by atoms with E-state index in [4.69, 9.17) is 4.74 Å². The minimum absolute atomic E-state index is 0.0202. The molecule has 0 fully saturated rings. The normalized spacial score (nSPS) is 13.5. The minimum atomic E-state index is -0.619. The van der Waals surface area contributed by atoms with Crippen molar-refractivity contribution >= 4 is 27.8 Å². The van der Waals surface area contributed by atoms with Gasteiger partial charge in [0.25, 0.3) is 5.91 Å². The molecule has 104 valence electrons. The standard InChI is InChI=1S/C14H18BrNO3/c1-4-9(2)12(14(18)19-3)16-13(17)10-5-7-11(15)8-6-10/h5-9,12H,4H2,1-3H3,(H,16,17)/t9?,12-/m0/s1. The first-order chi connectivity index (χ1) is 8.99. The Kier molecular flexibility index (Phi) is 6.02. The van der Waals surface area contributed by atoms with E-state index in [0.717, 1.165) is 10.9 Å². The molecule has 0 bridgehead atoms. The minimum Gasteiger partial charge on any atom is -0.467 e. The molecule has 5 heteroatoms. The molecule has 0 aliphatic carbocycles. The maximum absolute atomic E-state index is 12.1. The fourth-order valence-electron chi connectivity index (χ4n) is 1.62. The highest BCUT2D eigenvalue weighted by atomic mass is 79.9. The molecule has 0 radical (unpaired) electrons. The van der Waals surface area contributed by atoms with Crippen LogP contribution in [-0.2, 0) is 9.53 Å². The number of benzene rings is 1. The van der Waals surface area contributed by atoms with Gasteiger partial charge in [0.1, 0.15) is 6.04 Å². The van der Waals surface area contributed by atoms with E-state index in [1.807, 2.05) is 13.8 Å². The molecule has 1 unspecified atom stereocenters. The first kappa shape index (κ1) is 15.7. The maximum atomic E-state index is 12.1. The van der Waals surface area contributed by atoms with Crippen LogP contribution in [0.3, 0.4) is 0 Å². The molecule has 4 nitrogen and oxygen atoms in total. The molecule has 1 aromatic rings. The van der Waals surface area contributed by atoms with Crippen LogP contribution in [-0.4, -0.2) is 25.0 Å². The molecule has 2 atom stereocenters. The van der Waals surface area contributed by atoms with Gasteiger partial charge in [-0.15, -0.1) is 0 Å². The summed E-state index contributed by atoms with van der Waals surface area (Å²) in [6.07, 6.45) is 0.778. The molecule has 19 heavy (non-hydrogen) atoms. The smallest absolute Gasteiger partial charge is 0.328 e. The summed E-state index contributed by atoms with van der Waals surface area (Å²) in [7, 11) is 1.32. The summed E-state index contributed by atoms with van der Waals surface area (Å²) < 4.78 is 5.63. The van der Waals surface area contributed by atoms with Gasteiger partial charge >= 0.3 is 5.97 Å². The van der Waals surface area contributed by atoms with Crippen molar-refractivity contribution in [2.75, 3.05) is 7.11 Å². The molecule has 0 saturated heterocycles. The average Bonchev–Trinajstić information content (AvgIpc) is 2.43. The third-order valence-corrected chi connectivity index (χ3v) is 3.59. The number of carbonyl (C=O) groups excluding carboxylic acids is 2. The second-order valence-corrected chi connectivity index (χ2v) is 5.28. The summed E-state index contributed by atoms with van der Waals surface area (Å²) in [6.45, 7) is 3.87. The van der Waals surface area contributed by atoms with Crippen LogP contribution in [0, 0.1) is 5.92 Å². The monoisotopic (exact) mass is 327 g/mol. The highest BCUT2D eigenvalue weighted by Crippen LogP contribution is 2.13. The fourth-order valence-corrected chi connectivity index (χ4v) is 1.89. The number of rotatable bonds is 5. The van der Waals surface area contributed by atoms with Gasteiger partial charge in [-0.2, -0.15) is 0 Å². The van der Waals surface area contributed by atoms with Crippen molar-refractivity contribution in [3.05, 3.63) is 34.3 Å². The van der Waals surface area contributed by atoms with E-state index in [0.29, 0.717) is 5.56 Å². The van der Waals surface area contributed by atoms with Crippen molar-refractivity contribution in [3.8, 4) is 0 Å². The third-order valence-electron chi connectivity index (χ3n) is 3.06. The molecule has 0 spiro atoms. The van der Waals surface area contributed by atoms with Gasteiger partial charge in [-0.1, -0.05) is 36.2 Å². The highest BCUT2D eigenvalue weighted by Gasteiger charge is 2.26. The van der Waals surface area contributed by atoms with Crippen LogP contribution in [0.5, 0.6) is 0 Å². The molecule has 1 amide bonds. The molecule has 1 N–H and O–H groups in total. The quantitative estimate of drug-likeness (QED) is 0.846. The van der Waals surface area contributed by atoms with Crippen molar-refractivity contribution in [2.45, 2.75) is 26.3 Å². The number of hydrogen-bond acceptors (Lipinski definition) is 3. The van der Waals surface area contributed by atoms with Crippen molar-refractivity contribution < 1.29 is 14.3 Å². The second kappa shape index (κ2) is 7.28. The molecule has 0 heterocycles. The zero-order chi connectivity index (χ0) is 14.4. The van der Waals surface area contributed by atoms with Gasteiger partial charge in [0.15, 0.2) is 0 Å². The Morgan fingerprint density at radius 2 is 1.89 bits per heavy atom. The number of halogens is 1. The first-order valence-electron chi connectivity index (χ1n) is 6.13. The van der Waals surface area contributed by atoms with Gasteiger partial charge in [-0.05, 0) is 30.2 Å². The van der Waals surface area contributed by atoms with E-state index < -0.39 is 12.0 Å². The Morgan fingerprint density at radius 3 is 2.37 bits per heavy atom. The van der Waals surface area contributed by atoms with E-state index >= 15 is 0 Å². The number of nitrogens with one attached hydrogen (secondary N) is 1. The Hall–Kier alpha value is -1.36. The summed E-state index contributed by atoms with van der Waals surface area (Å²) in [5.74, 6) is -0.671. The van der Waals surface area contributed by atoms with Gasteiger partial charge in [-0.3, -0.25) is 4.79 Å². The second-order valence-electron chi connectivity index (χ2n) is 4.37. The predicted octanol–water partition coefficient (Wildman–Crippen LogP) is 2.77. The molecule has 0 aromatic heterocycles. The summed E-state index contributed by atoms with van der Waals surface area (Å²) in [4.78, 5) is 23.8. The number of esters is 1. The summed E-state index contributed by atoms with van der Waals surface area (Å²) in [5.41, 5.74) is 0.514. The lowest BCUT2D eigenvalue weighted by Crippen LogP contribution is -2.45. The summed E-state index contributed by atoms with van der Waals surface area (Å²) in [6, 6.07) is 6.34. The SMILES string of the molecule is CCC(C)[C@H](NC(=O)c1ccc(Br)cc1)C(=O)OC.